The summed E-state index contributed by atoms with van der Waals surface area (Å²) in [4.78, 5) is 3.53. The van der Waals surface area contributed by atoms with Crippen molar-refractivity contribution >= 4 is 26.6 Å². The largest absolute Gasteiger partial charge is 0.433 e. The minimum absolute atomic E-state index is 0.0347. The number of benzene rings is 2. The maximum atomic E-state index is 13.1. The molecule has 0 bridgehead atoms. The number of nitrogens with one attached hydrogen (secondary N) is 1. The van der Waals surface area contributed by atoms with Crippen LogP contribution in [0.3, 0.4) is 0 Å². The Morgan fingerprint density at radius 2 is 1.64 bits per heavy atom. The summed E-state index contributed by atoms with van der Waals surface area (Å²) in [7, 11) is -4.03. The van der Waals surface area contributed by atoms with Crippen LogP contribution in [0.15, 0.2) is 59.5 Å². The third kappa shape index (κ3) is 3.58. The molecule has 130 valence electrons. The van der Waals surface area contributed by atoms with Crippen LogP contribution in [0.25, 0.3) is 10.9 Å². The molecule has 25 heavy (non-hydrogen) atoms. The van der Waals surface area contributed by atoms with Gasteiger partial charge < -0.3 is 0 Å². The van der Waals surface area contributed by atoms with E-state index in [2.05, 4.69) is 9.71 Å². The van der Waals surface area contributed by atoms with Crippen LogP contribution in [0.4, 0.5) is 18.9 Å². The Morgan fingerprint density at radius 1 is 1.00 bits per heavy atom. The lowest BCUT2D eigenvalue weighted by Gasteiger charge is -2.14. The number of hydrogen-bond donors (Lipinski definition) is 1. The van der Waals surface area contributed by atoms with E-state index in [1.165, 1.54) is 30.3 Å². The second kappa shape index (κ2) is 6.03. The first kappa shape index (κ1) is 17.2. The second-order valence-corrected chi connectivity index (χ2v) is 7.17. The molecule has 4 nitrogen and oxygen atoms in total. The highest BCUT2D eigenvalue weighted by atomic mass is 32.2. The Kier molecular flexibility index (Phi) is 4.16. The Bertz CT molecular complexity index is 1030. The molecule has 2 aromatic carbocycles. The van der Waals surface area contributed by atoms with Crippen molar-refractivity contribution in [1.82, 2.24) is 4.98 Å². The van der Waals surface area contributed by atoms with Crippen molar-refractivity contribution in [3.8, 4) is 0 Å². The van der Waals surface area contributed by atoms with Gasteiger partial charge in [-0.1, -0.05) is 35.9 Å². The molecule has 0 saturated heterocycles. The number of aryl methyl sites for hydroxylation is 1. The Morgan fingerprint density at radius 3 is 2.28 bits per heavy atom. The quantitative estimate of drug-likeness (QED) is 0.749. The van der Waals surface area contributed by atoms with E-state index < -0.39 is 21.9 Å². The summed E-state index contributed by atoms with van der Waals surface area (Å²) in [6.45, 7) is 1.80. The number of halogens is 3. The first-order chi connectivity index (χ1) is 11.7. The fourth-order valence-corrected chi connectivity index (χ4v) is 3.40. The molecule has 3 rings (SSSR count). The average Bonchev–Trinajstić information content (AvgIpc) is 2.54. The fraction of sp³-hybridized carbons (Fsp3) is 0.118. The van der Waals surface area contributed by atoms with Crippen LogP contribution in [0.5, 0.6) is 0 Å². The second-order valence-electron chi connectivity index (χ2n) is 5.49. The summed E-state index contributed by atoms with van der Waals surface area (Å²) in [5.74, 6) is 0. The predicted molar refractivity (Wildman–Crippen MR) is 88.7 cm³/mol. The van der Waals surface area contributed by atoms with Crippen molar-refractivity contribution in [2.24, 2.45) is 0 Å². The van der Waals surface area contributed by atoms with E-state index in [4.69, 9.17) is 0 Å². The molecule has 0 unspecified atom stereocenters. The molecule has 0 atom stereocenters. The lowest BCUT2D eigenvalue weighted by molar-refractivity contribution is -0.140. The zero-order valence-electron chi connectivity index (χ0n) is 13.0. The molecule has 0 radical (unpaired) electrons. The maximum Gasteiger partial charge on any atom is 0.433 e. The van der Waals surface area contributed by atoms with Gasteiger partial charge in [0, 0.05) is 5.39 Å². The molecular formula is C17H13F3N2O2S. The third-order valence-corrected chi connectivity index (χ3v) is 4.96. The molecule has 1 heterocycles. The van der Waals surface area contributed by atoms with Gasteiger partial charge in [-0.05, 0) is 31.2 Å². The van der Waals surface area contributed by atoms with Crippen molar-refractivity contribution in [2.75, 3.05) is 4.72 Å². The summed E-state index contributed by atoms with van der Waals surface area (Å²) < 4.78 is 66.4. The lowest BCUT2D eigenvalue weighted by atomic mass is 10.1. The zero-order chi connectivity index (χ0) is 18.2. The van der Waals surface area contributed by atoms with E-state index in [-0.39, 0.29) is 21.5 Å². The molecule has 3 aromatic rings. The van der Waals surface area contributed by atoms with Gasteiger partial charge in [0.25, 0.3) is 10.0 Å². The SMILES string of the molecule is Cc1ccc(S(=O)(=O)Nc2cc(C(F)(F)F)nc3ccccc23)cc1. The number of fused-ring (bicyclic) bond motifs is 1. The normalized spacial score (nSPS) is 12.3. The minimum Gasteiger partial charge on any atom is -0.279 e. The van der Waals surface area contributed by atoms with Gasteiger partial charge in [-0.25, -0.2) is 13.4 Å². The molecule has 0 aliphatic rings. The van der Waals surface area contributed by atoms with Crippen molar-refractivity contribution < 1.29 is 21.6 Å². The van der Waals surface area contributed by atoms with Crippen molar-refractivity contribution in [3.63, 3.8) is 0 Å². The van der Waals surface area contributed by atoms with Gasteiger partial charge in [0.15, 0.2) is 0 Å². The van der Waals surface area contributed by atoms with E-state index >= 15 is 0 Å². The molecule has 1 aromatic heterocycles. The van der Waals surface area contributed by atoms with Gasteiger partial charge in [-0.3, -0.25) is 4.72 Å². The number of anilines is 1. The van der Waals surface area contributed by atoms with Gasteiger partial charge >= 0.3 is 6.18 Å². The first-order valence-electron chi connectivity index (χ1n) is 7.23. The monoisotopic (exact) mass is 366 g/mol. The van der Waals surface area contributed by atoms with Gasteiger partial charge in [-0.15, -0.1) is 0 Å². The number of nitrogens with zero attached hydrogens (tertiary/aromatic N) is 1. The highest BCUT2D eigenvalue weighted by molar-refractivity contribution is 7.92. The highest BCUT2D eigenvalue weighted by Gasteiger charge is 2.33. The summed E-state index contributed by atoms with van der Waals surface area (Å²) in [6, 6.07) is 12.8. The number of sulfonamides is 1. The van der Waals surface area contributed by atoms with E-state index in [1.807, 2.05) is 0 Å². The molecular weight excluding hydrogens is 353 g/mol. The Labute approximate surface area is 142 Å². The predicted octanol–water partition coefficient (Wildman–Crippen LogP) is 4.36. The van der Waals surface area contributed by atoms with Crippen LogP contribution in [-0.2, 0) is 16.2 Å². The smallest absolute Gasteiger partial charge is 0.279 e. The molecule has 0 aliphatic heterocycles. The zero-order valence-corrected chi connectivity index (χ0v) is 13.8. The van der Waals surface area contributed by atoms with Crippen LogP contribution in [0.1, 0.15) is 11.3 Å². The van der Waals surface area contributed by atoms with Gasteiger partial charge in [0.1, 0.15) is 5.69 Å². The summed E-state index contributed by atoms with van der Waals surface area (Å²) in [5.41, 5.74) is -0.405. The van der Waals surface area contributed by atoms with E-state index in [1.54, 1.807) is 25.1 Å². The average molecular weight is 366 g/mol. The van der Waals surface area contributed by atoms with Crippen molar-refractivity contribution in [3.05, 3.63) is 65.9 Å². The molecule has 0 aliphatic carbocycles. The molecule has 0 spiro atoms. The van der Waals surface area contributed by atoms with Gasteiger partial charge in [0.2, 0.25) is 0 Å². The minimum atomic E-state index is -4.69. The number of aromatic nitrogens is 1. The van der Waals surface area contributed by atoms with Crippen LogP contribution in [-0.4, -0.2) is 13.4 Å². The molecule has 0 fully saturated rings. The number of rotatable bonds is 3. The number of pyridine rings is 1. The van der Waals surface area contributed by atoms with Crippen molar-refractivity contribution in [2.45, 2.75) is 18.0 Å². The maximum absolute atomic E-state index is 13.1. The summed E-state index contributed by atoms with van der Waals surface area (Å²) in [6.07, 6.45) is -4.69. The number of hydrogen-bond acceptors (Lipinski definition) is 3. The molecule has 8 heteroatoms. The Hall–Kier alpha value is -2.61. The topological polar surface area (TPSA) is 59.1 Å². The molecule has 1 N–H and O–H groups in total. The van der Waals surface area contributed by atoms with Crippen LogP contribution >= 0.6 is 0 Å². The third-order valence-electron chi connectivity index (χ3n) is 3.58. The van der Waals surface area contributed by atoms with Crippen molar-refractivity contribution in [1.29, 1.82) is 0 Å². The van der Waals surface area contributed by atoms with Crippen LogP contribution < -0.4 is 4.72 Å². The summed E-state index contributed by atoms with van der Waals surface area (Å²) >= 11 is 0. The first-order valence-corrected chi connectivity index (χ1v) is 8.71. The van der Waals surface area contributed by atoms with Gasteiger partial charge in [0.05, 0.1) is 16.1 Å². The highest BCUT2D eigenvalue weighted by Crippen LogP contribution is 2.33. The Balaban J connectivity index is 2.13. The summed E-state index contributed by atoms with van der Waals surface area (Å²) in [5, 5.41) is 0.284. The van der Waals surface area contributed by atoms with E-state index in [0.717, 1.165) is 5.56 Å². The van der Waals surface area contributed by atoms with E-state index in [0.29, 0.717) is 6.07 Å². The molecule has 0 saturated carbocycles. The van der Waals surface area contributed by atoms with Gasteiger partial charge in [-0.2, -0.15) is 13.2 Å². The van der Waals surface area contributed by atoms with E-state index in [9.17, 15) is 21.6 Å². The number of alkyl halides is 3. The lowest BCUT2D eigenvalue weighted by Crippen LogP contribution is -2.15. The standard InChI is InChI=1S/C17H13F3N2O2S/c1-11-6-8-12(9-7-11)25(23,24)22-15-10-16(17(18,19)20)21-14-5-3-2-4-13(14)15/h2-10H,1H3,(H,21,22). The molecule has 0 amide bonds. The van der Waals surface area contributed by atoms with Crippen LogP contribution in [0.2, 0.25) is 0 Å². The fourth-order valence-electron chi connectivity index (χ4n) is 2.33. The number of para-hydroxylation sites is 1. The van der Waals surface area contributed by atoms with Crippen LogP contribution in [0, 0.1) is 6.92 Å².